The van der Waals surface area contributed by atoms with E-state index >= 15 is 0 Å². The Morgan fingerprint density at radius 2 is 1.90 bits per heavy atom. The molecule has 1 atom stereocenters. The molecule has 1 aliphatic carbocycles. The Balaban J connectivity index is 1.96. The van der Waals surface area contributed by atoms with Crippen molar-refractivity contribution in [3.05, 3.63) is 56.5 Å². The van der Waals surface area contributed by atoms with Crippen molar-refractivity contribution in [2.24, 2.45) is 0 Å². The molecule has 2 aromatic rings. The lowest BCUT2D eigenvalue weighted by Gasteiger charge is -2.31. The number of hydrogen-bond acceptors (Lipinski definition) is 4. The van der Waals surface area contributed by atoms with Crippen LogP contribution >= 0.6 is 27.5 Å². The molecule has 1 unspecified atom stereocenters. The molecule has 0 radical (unpaired) electrons. The number of ether oxygens (including phenoxy) is 1. The number of carbonyl (C=O) groups excluding carboxylic acids is 1. The predicted molar refractivity (Wildman–Crippen MR) is 131 cm³/mol. The minimum atomic E-state index is -3.66. The molecule has 0 saturated carbocycles. The molecule has 1 aliphatic rings. The lowest BCUT2D eigenvalue weighted by Crippen LogP contribution is -2.45. The smallest absolute Gasteiger partial charge is 0.338 e. The quantitative estimate of drug-likeness (QED) is 0.424. The minimum Gasteiger partial charge on any atom is -0.462 e. The van der Waals surface area contributed by atoms with E-state index in [4.69, 9.17) is 16.3 Å². The predicted octanol–water partition coefficient (Wildman–Crippen LogP) is 4.66. The molecule has 9 heteroatoms. The van der Waals surface area contributed by atoms with E-state index in [0.717, 1.165) is 20.8 Å². The van der Waals surface area contributed by atoms with Crippen LogP contribution in [0.1, 0.15) is 34.8 Å². The minimum absolute atomic E-state index is 0.185. The Kier molecular flexibility index (Phi) is 7.37. The summed E-state index contributed by atoms with van der Waals surface area (Å²) in [4.78, 5) is 13.1. The van der Waals surface area contributed by atoms with Gasteiger partial charge in [0.15, 0.2) is 0 Å². The van der Waals surface area contributed by atoms with Crippen molar-refractivity contribution in [2.75, 3.05) is 6.61 Å². The van der Waals surface area contributed by atoms with E-state index in [0.29, 0.717) is 36.5 Å². The zero-order valence-electron chi connectivity index (χ0n) is 18.1. The first-order valence-corrected chi connectivity index (χ1v) is 16.4. The number of carbonyl (C=O) groups is 1. The number of hydrogen-bond donors (Lipinski definition) is 1. The number of sulfonamides is 1. The van der Waals surface area contributed by atoms with Gasteiger partial charge in [0, 0.05) is 15.5 Å². The molecule has 2 aromatic carbocycles. The molecule has 5 nitrogen and oxygen atoms in total. The number of rotatable bonds is 6. The van der Waals surface area contributed by atoms with E-state index in [1.165, 1.54) is 12.1 Å². The van der Waals surface area contributed by atoms with E-state index in [2.05, 4.69) is 40.3 Å². The van der Waals surface area contributed by atoms with Gasteiger partial charge in [0.2, 0.25) is 10.0 Å². The van der Waals surface area contributed by atoms with Crippen LogP contribution in [0.2, 0.25) is 24.7 Å². The van der Waals surface area contributed by atoms with E-state index < -0.39 is 18.1 Å². The molecule has 0 amide bonds. The molecule has 0 fully saturated rings. The lowest BCUT2D eigenvalue weighted by atomic mass is 9.85. The summed E-state index contributed by atoms with van der Waals surface area (Å²) in [5.41, 5.74) is 2.64. The fourth-order valence-electron chi connectivity index (χ4n) is 4.06. The highest BCUT2D eigenvalue weighted by Gasteiger charge is 2.34. The Morgan fingerprint density at radius 3 is 2.48 bits per heavy atom. The maximum atomic E-state index is 12.9. The van der Waals surface area contributed by atoms with Gasteiger partial charge >= 0.3 is 5.97 Å². The van der Waals surface area contributed by atoms with Crippen LogP contribution in [0.15, 0.2) is 39.7 Å². The van der Waals surface area contributed by atoms with Crippen molar-refractivity contribution in [1.29, 1.82) is 0 Å². The van der Waals surface area contributed by atoms with Crippen LogP contribution in [-0.2, 0) is 27.6 Å². The topological polar surface area (TPSA) is 72.5 Å². The SMILES string of the molecule is CCOC(=O)c1c2c(cc(Br)c1[Si](C)(C)C)CC(NS(=O)(=O)c1ccc(Cl)cc1)CC2. The van der Waals surface area contributed by atoms with Crippen LogP contribution < -0.4 is 9.91 Å². The molecule has 168 valence electrons. The van der Waals surface area contributed by atoms with Gasteiger partial charge in [-0.05, 0) is 72.8 Å². The number of halogens is 2. The Bertz CT molecular complexity index is 1100. The van der Waals surface area contributed by atoms with Crippen LogP contribution in [0.3, 0.4) is 0 Å². The molecule has 0 aliphatic heterocycles. The molecule has 31 heavy (non-hydrogen) atoms. The number of esters is 1. The normalized spacial score (nSPS) is 16.6. The summed E-state index contributed by atoms with van der Waals surface area (Å²) in [7, 11) is -5.51. The number of nitrogens with one attached hydrogen (secondary N) is 1. The van der Waals surface area contributed by atoms with Crippen molar-refractivity contribution >= 4 is 56.8 Å². The monoisotopic (exact) mass is 543 g/mol. The molecule has 0 saturated heterocycles. The average Bonchev–Trinajstić information content (AvgIpc) is 2.66. The van der Waals surface area contributed by atoms with Gasteiger partial charge in [-0.1, -0.05) is 47.2 Å². The van der Waals surface area contributed by atoms with Crippen LogP contribution in [0.5, 0.6) is 0 Å². The van der Waals surface area contributed by atoms with Gasteiger partial charge in [-0.25, -0.2) is 17.9 Å². The maximum Gasteiger partial charge on any atom is 0.338 e. The van der Waals surface area contributed by atoms with Crippen molar-refractivity contribution in [1.82, 2.24) is 4.72 Å². The van der Waals surface area contributed by atoms with Crippen LogP contribution in [-0.4, -0.2) is 35.1 Å². The van der Waals surface area contributed by atoms with Gasteiger partial charge in [-0.3, -0.25) is 0 Å². The van der Waals surface area contributed by atoms with Gasteiger partial charge in [-0.2, -0.15) is 0 Å². The molecule has 0 heterocycles. The van der Waals surface area contributed by atoms with Crippen LogP contribution in [0.4, 0.5) is 0 Å². The van der Waals surface area contributed by atoms with Gasteiger partial charge < -0.3 is 4.74 Å². The van der Waals surface area contributed by atoms with Gasteiger partial charge in [-0.15, -0.1) is 0 Å². The number of fused-ring (bicyclic) bond motifs is 1. The van der Waals surface area contributed by atoms with E-state index in [9.17, 15) is 13.2 Å². The summed E-state index contributed by atoms with van der Waals surface area (Å²) < 4.78 is 34.7. The highest BCUT2D eigenvalue weighted by Crippen LogP contribution is 2.31. The Morgan fingerprint density at radius 1 is 1.26 bits per heavy atom. The van der Waals surface area contributed by atoms with E-state index in [1.54, 1.807) is 19.1 Å². The second kappa shape index (κ2) is 9.35. The fourth-order valence-corrected chi connectivity index (χ4v) is 9.51. The molecular formula is C22H27BrClNO4SSi. The zero-order valence-corrected chi connectivity index (χ0v) is 22.2. The zero-order chi connectivity index (χ0) is 23.0. The maximum absolute atomic E-state index is 12.9. The largest absolute Gasteiger partial charge is 0.462 e. The summed E-state index contributed by atoms with van der Waals surface area (Å²) in [5, 5.41) is 1.55. The second-order valence-corrected chi connectivity index (χ2v) is 16.7. The lowest BCUT2D eigenvalue weighted by molar-refractivity contribution is 0.0526. The molecule has 3 rings (SSSR count). The van der Waals surface area contributed by atoms with Crippen LogP contribution in [0, 0.1) is 0 Å². The Labute approximate surface area is 198 Å². The molecular weight excluding hydrogens is 518 g/mol. The standard InChI is InChI=1S/C22H27BrClNO4SSi/c1-5-29-22(26)20-18-11-8-16(12-14(18)13-19(23)21(20)31(2,3)4)25-30(27,28)17-9-6-15(24)7-10-17/h6-7,9-10,13,16,25H,5,8,11-12H2,1-4H3. The average molecular weight is 545 g/mol. The first-order valence-electron chi connectivity index (χ1n) is 10.2. The first kappa shape index (κ1) is 24.4. The third-order valence-electron chi connectivity index (χ3n) is 5.36. The van der Waals surface area contributed by atoms with E-state index in [1.807, 2.05) is 6.07 Å². The van der Waals surface area contributed by atoms with Crippen molar-refractivity contribution < 1.29 is 17.9 Å². The fraction of sp³-hybridized carbons (Fsp3) is 0.409. The highest BCUT2D eigenvalue weighted by molar-refractivity contribution is 9.10. The third kappa shape index (κ3) is 5.42. The number of benzene rings is 2. The molecule has 1 N–H and O–H groups in total. The summed E-state index contributed by atoms with van der Waals surface area (Å²) in [6.07, 6.45) is 1.74. The summed E-state index contributed by atoms with van der Waals surface area (Å²) >= 11 is 9.56. The molecule has 0 aromatic heterocycles. The molecule has 0 spiro atoms. The van der Waals surface area contributed by atoms with Crippen LogP contribution in [0.25, 0.3) is 0 Å². The first-order chi connectivity index (χ1) is 14.4. The van der Waals surface area contributed by atoms with Gasteiger partial charge in [0.25, 0.3) is 0 Å². The summed E-state index contributed by atoms with van der Waals surface area (Å²) in [6, 6.07) is 7.91. The summed E-state index contributed by atoms with van der Waals surface area (Å²) in [6.45, 7) is 8.73. The van der Waals surface area contributed by atoms with E-state index in [-0.39, 0.29) is 16.9 Å². The second-order valence-electron chi connectivity index (χ2n) is 8.73. The van der Waals surface area contributed by atoms with Gasteiger partial charge in [0.1, 0.15) is 0 Å². The summed E-state index contributed by atoms with van der Waals surface area (Å²) in [5.74, 6) is -0.294. The van der Waals surface area contributed by atoms with Crippen molar-refractivity contribution in [3.63, 3.8) is 0 Å². The van der Waals surface area contributed by atoms with Gasteiger partial charge in [0.05, 0.1) is 25.1 Å². The Hall–Kier alpha value is -1.19. The van der Waals surface area contributed by atoms with Crippen molar-refractivity contribution in [2.45, 2.75) is 56.8 Å². The molecule has 0 bridgehead atoms. The van der Waals surface area contributed by atoms with Crippen molar-refractivity contribution in [3.8, 4) is 0 Å². The third-order valence-corrected chi connectivity index (χ3v) is 10.2. The highest BCUT2D eigenvalue weighted by atomic mass is 79.9.